The molecule has 2 aromatic carbocycles. The maximum atomic E-state index is 12.7. The number of hydrogen-bond donors (Lipinski definition) is 1. The van der Waals surface area contributed by atoms with Gasteiger partial charge in [-0.2, -0.15) is 0 Å². The minimum Gasteiger partial charge on any atom is -0.484 e. The molecular formula is C19H19ClN2O4. The first-order chi connectivity index (χ1) is 12.5. The Morgan fingerprint density at radius 1 is 1.15 bits per heavy atom. The van der Waals surface area contributed by atoms with E-state index in [9.17, 15) is 9.59 Å². The quantitative estimate of drug-likeness (QED) is 0.871. The SMILES string of the molecule is NC(=O)COc1ccc(C(=O)N2CCOC(c3ccc(Cl)cc3)C2)cc1. The van der Waals surface area contributed by atoms with E-state index in [0.29, 0.717) is 36.0 Å². The van der Waals surface area contributed by atoms with Crippen molar-refractivity contribution in [1.29, 1.82) is 0 Å². The molecule has 0 radical (unpaired) electrons. The van der Waals surface area contributed by atoms with Crippen molar-refractivity contribution < 1.29 is 19.1 Å². The number of primary amides is 1. The third-order valence-electron chi connectivity index (χ3n) is 4.08. The van der Waals surface area contributed by atoms with E-state index in [0.717, 1.165) is 5.56 Å². The lowest BCUT2D eigenvalue weighted by molar-refractivity contribution is -0.119. The zero-order chi connectivity index (χ0) is 18.5. The van der Waals surface area contributed by atoms with Gasteiger partial charge in [0, 0.05) is 17.1 Å². The summed E-state index contributed by atoms with van der Waals surface area (Å²) in [6, 6.07) is 14.1. The molecule has 136 valence electrons. The molecule has 1 heterocycles. The number of benzene rings is 2. The van der Waals surface area contributed by atoms with Gasteiger partial charge in [0.1, 0.15) is 11.9 Å². The molecule has 1 saturated heterocycles. The van der Waals surface area contributed by atoms with Crippen LogP contribution in [0.1, 0.15) is 22.0 Å². The van der Waals surface area contributed by atoms with E-state index in [2.05, 4.69) is 0 Å². The Morgan fingerprint density at radius 2 is 1.85 bits per heavy atom. The van der Waals surface area contributed by atoms with E-state index in [4.69, 9.17) is 26.8 Å². The molecule has 1 fully saturated rings. The molecule has 26 heavy (non-hydrogen) atoms. The summed E-state index contributed by atoms with van der Waals surface area (Å²) in [5, 5.41) is 0.663. The zero-order valence-electron chi connectivity index (χ0n) is 14.1. The summed E-state index contributed by atoms with van der Waals surface area (Å²) < 4.78 is 11.0. The van der Waals surface area contributed by atoms with Crippen molar-refractivity contribution in [3.8, 4) is 5.75 Å². The molecule has 0 aliphatic carbocycles. The largest absolute Gasteiger partial charge is 0.484 e. The summed E-state index contributed by atoms with van der Waals surface area (Å²) in [7, 11) is 0. The molecule has 3 rings (SSSR count). The van der Waals surface area contributed by atoms with Gasteiger partial charge in [-0.25, -0.2) is 0 Å². The Morgan fingerprint density at radius 3 is 2.50 bits per heavy atom. The van der Waals surface area contributed by atoms with Crippen LogP contribution in [0.5, 0.6) is 5.75 Å². The van der Waals surface area contributed by atoms with Gasteiger partial charge >= 0.3 is 0 Å². The van der Waals surface area contributed by atoms with Gasteiger partial charge in [0.2, 0.25) is 0 Å². The van der Waals surface area contributed by atoms with Crippen LogP contribution in [0.2, 0.25) is 5.02 Å². The van der Waals surface area contributed by atoms with Crippen molar-refractivity contribution in [3.05, 3.63) is 64.7 Å². The average Bonchev–Trinajstić information content (AvgIpc) is 2.67. The highest BCUT2D eigenvalue weighted by molar-refractivity contribution is 6.30. The van der Waals surface area contributed by atoms with Crippen LogP contribution < -0.4 is 10.5 Å². The Hall–Kier alpha value is -2.57. The predicted octanol–water partition coefficient (Wildman–Crippen LogP) is 2.42. The van der Waals surface area contributed by atoms with Crippen molar-refractivity contribution >= 4 is 23.4 Å². The minimum absolute atomic E-state index is 0.0753. The Labute approximate surface area is 156 Å². The van der Waals surface area contributed by atoms with Crippen LogP contribution in [-0.4, -0.2) is 43.0 Å². The predicted molar refractivity (Wildman–Crippen MR) is 97.2 cm³/mol. The summed E-state index contributed by atoms with van der Waals surface area (Å²) in [5.41, 5.74) is 6.58. The topological polar surface area (TPSA) is 81.9 Å². The second-order valence-electron chi connectivity index (χ2n) is 5.94. The van der Waals surface area contributed by atoms with Crippen LogP contribution in [-0.2, 0) is 9.53 Å². The molecule has 2 N–H and O–H groups in total. The highest BCUT2D eigenvalue weighted by atomic mass is 35.5. The van der Waals surface area contributed by atoms with Crippen LogP contribution in [0.3, 0.4) is 0 Å². The van der Waals surface area contributed by atoms with Crippen LogP contribution in [0.15, 0.2) is 48.5 Å². The molecule has 0 saturated carbocycles. The molecule has 1 aliphatic heterocycles. The van der Waals surface area contributed by atoms with Crippen molar-refractivity contribution in [2.75, 3.05) is 26.3 Å². The summed E-state index contributed by atoms with van der Waals surface area (Å²) >= 11 is 5.92. The summed E-state index contributed by atoms with van der Waals surface area (Å²) in [4.78, 5) is 25.2. The number of rotatable bonds is 5. The normalized spacial score (nSPS) is 17.0. The van der Waals surface area contributed by atoms with Gasteiger partial charge in [-0.1, -0.05) is 23.7 Å². The van der Waals surface area contributed by atoms with E-state index in [-0.39, 0.29) is 18.6 Å². The van der Waals surface area contributed by atoms with Gasteiger partial charge < -0.3 is 20.1 Å². The van der Waals surface area contributed by atoms with Gasteiger partial charge in [-0.05, 0) is 42.0 Å². The lowest BCUT2D eigenvalue weighted by Crippen LogP contribution is -2.42. The fraction of sp³-hybridized carbons (Fsp3) is 0.263. The molecule has 0 spiro atoms. The van der Waals surface area contributed by atoms with E-state index < -0.39 is 5.91 Å². The first-order valence-electron chi connectivity index (χ1n) is 8.20. The van der Waals surface area contributed by atoms with Crippen LogP contribution in [0.25, 0.3) is 0 Å². The third kappa shape index (κ3) is 4.53. The van der Waals surface area contributed by atoms with Gasteiger partial charge in [0.15, 0.2) is 6.61 Å². The van der Waals surface area contributed by atoms with E-state index in [1.165, 1.54) is 0 Å². The first-order valence-corrected chi connectivity index (χ1v) is 8.58. The lowest BCUT2D eigenvalue weighted by Gasteiger charge is -2.33. The number of carbonyl (C=O) groups is 2. The summed E-state index contributed by atoms with van der Waals surface area (Å²) in [5.74, 6) is -0.137. The fourth-order valence-electron chi connectivity index (χ4n) is 2.74. The lowest BCUT2D eigenvalue weighted by atomic mass is 10.1. The van der Waals surface area contributed by atoms with Crippen LogP contribution in [0, 0.1) is 0 Å². The van der Waals surface area contributed by atoms with Gasteiger partial charge in [-0.15, -0.1) is 0 Å². The number of morpholine rings is 1. The summed E-state index contributed by atoms with van der Waals surface area (Å²) in [6.45, 7) is 1.28. The van der Waals surface area contributed by atoms with E-state index in [1.54, 1.807) is 29.2 Å². The smallest absolute Gasteiger partial charge is 0.255 e. The van der Waals surface area contributed by atoms with Gasteiger partial charge in [0.05, 0.1) is 13.2 Å². The third-order valence-corrected chi connectivity index (χ3v) is 4.33. The molecule has 0 bridgehead atoms. The Balaban J connectivity index is 1.65. The maximum Gasteiger partial charge on any atom is 0.255 e. The second kappa shape index (κ2) is 8.21. The maximum absolute atomic E-state index is 12.7. The molecule has 0 aromatic heterocycles. The van der Waals surface area contributed by atoms with Crippen LogP contribution in [0.4, 0.5) is 0 Å². The molecule has 2 amide bonds. The molecular weight excluding hydrogens is 356 g/mol. The number of ether oxygens (including phenoxy) is 2. The monoisotopic (exact) mass is 374 g/mol. The number of carbonyl (C=O) groups excluding carboxylic acids is 2. The molecule has 7 heteroatoms. The molecule has 6 nitrogen and oxygen atoms in total. The Kier molecular flexibility index (Phi) is 5.75. The first kappa shape index (κ1) is 18.2. The standard InChI is InChI=1S/C19H19ClN2O4/c20-15-5-1-13(2-6-15)17-11-22(9-10-25-17)19(24)14-3-7-16(8-4-14)26-12-18(21)23/h1-8,17H,9-12H2,(H2,21,23). The van der Waals surface area contributed by atoms with Crippen LogP contribution >= 0.6 is 11.6 Å². The number of nitrogens with zero attached hydrogens (tertiary/aromatic N) is 1. The van der Waals surface area contributed by atoms with Gasteiger partial charge in [-0.3, -0.25) is 9.59 Å². The molecule has 2 aromatic rings. The van der Waals surface area contributed by atoms with E-state index in [1.807, 2.05) is 24.3 Å². The molecule has 1 unspecified atom stereocenters. The van der Waals surface area contributed by atoms with Crippen molar-refractivity contribution in [2.24, 2.45) is 5.73 Å². The van der Waals surface area contributed by atoms with Crippen molar-refractivity contribution in [2.45, 2.75) is 6.10 Å². The number of hydrogen-bond acceptors (Lipinski definition) is 4. The molecule has 1 aliphatic rings. The van der Waals surface area contributed by atoms with E-state index >= 15 is 0 Å². The Bertz CT molecular complexity index is 777. The average molecular weight is 375 g/mol. The van der Waals surface area contributed by atoms with Gasteiger partial charge in [0.25, 0.3) is 11.8 Å². The van der Waals surface area contributed by atoms with Crippen molar-refractivity contribution in [3.63, 3.8) is 0 Å². The molecule has 1 atom stereocenters. The fourth-order valence-corrected chi connectivity index (χ4v) is 2.87. The number of halogens is 1. The number of amides is 2. The minimum atomic E-state index is -0.549. The second-order valence-corrected chi connectivity index (χ2v) is 6.38. The summed E-state index contributed by atoms with van der Waals surface area (Å²) in [6.07, 6.45) is -0.178. The zero-order valence-corrected chi connectivity index (χ0v) is 14.8. The van der Waals surface area contributed by atoms with Crippen molar-refractivity contribution in [1.82, 2.24) is 4.90 Å². The number of nitrogens with two attached hydrogens (primary N) is 1. The highest BCUT2D eigenvalue weighted by Gasteiger charge is 2.26. The highest BCUT2D eigenvalue weighted by Crippen LogP contribution is 2.25.